The van der Waals surface area contributed by atoms with Gasteiger partial charge in [0, 0.05) is 10.7 Å². The van der Waals surface area contributed by atoms with Gasteiger partial charge in [0.2, 0.25) is 0 Å². The highest BCUT2D eigenvalue weighted by molar-refractivity contribution is 6.29. The van der Waals surface area contributed by atoms with Crippen LogP contribution in [0.15, 0.2) is 35.9 Å². The van der Waals surface area contributed by atoms with Gasteiger partial charge in [-0.25, -0.2) is 9.18 Å². The molecule has 5 heteroatoms. The first-order valence-corrected chi connectivity index (χ1v) is 4.59. The third-order valence-corrected chi connectivity index (χ3v) is 1.66. The average molecular weight is 229 g/mol. The van der Waals surface area contributed by atoms with E-state index in [1.807, 2.05) is 0 Å². The maximum absolute atomic E-state index is 12.7. The normalized spacial score (nSPS) is 9.47. The first kappa shape index (κ1) is 11.5. The summed E-state index contributed by atoms with van der Waals surface area (Å²) in [5.74, 6) is -0.408. The Bertz CT molecular complexity index is 381. The van der Waals surface area contributed by atoms with Crippen molar-refractivity contribution in [3.05, 3.63) is 41.7 Å². The molecule has 0 radical (unpaired) electrons. The van der Waals surface area contributed by atoms with Crippen molar-refractivity contribution in [2.75, 3.05) is 11.9 Å². The second-order valence-electron chi connectivity index (χ2n) is 2.84. The summed E-state index contributed by atoms with van der Waals surface area (Å²) in [7, 11) is 0. The average Bonchev–Trinajstić information content (AvgIpc) is 2.15. The molecule has 0 heterocycles. The van der Waals surface area contributed by atoms with Crippen LogP contribution in [0.1, 0.15) is 0 Å². The first-order chi connectivity index (χ1) is 7.08. The van der Waals surface area contributed by atoms with Crippen LogP contribution in [0.3, 0.4) is 0 Å². The molecule has 0 aliphatic carbocycles. The van der Waals surface area contributed by atoms with Gasteiger partial charge in [-0.05, 0) is 18.2 Å². The Balaban J connectivity index is 2.48. The van der Waals surface area contributed by atoms with Crippen LogP contribution < -0.4 is 10.6 Å². The summed E-state index contributed by atoms with van der Waals surface area (Å²) in [5, 5.41) is 5.22. The zero-order valence-electron chi connectivity index (χ0n) is 7.89. The van der Waals surface area contributed by atoms with E-state index in [4.69, 9.17) is 11.6 Å². The Morgan fingerprint density at radius 2 is 2.27 bits per heavy atom. The van der Waals surface area contributed by atoms with Gasteiger partial charge < -0.3 is 10.6 Å². The van der Waals surface area contributed by atoms with Crippen LogP contribution in [0.5, 0.6) is 0 Å². The summed E-state index contributed by atoms with van der Waals surface area (Å²) in [5.41, 5.74) is 0.382. The van der Waals surface area contributed by atoms with Crippen LogP contribution >= 0.6 is 11.6 Å². The van der Waals surface area contributed by atoms with Gasteiger partial charge in [0.1, 0.15) is 5.82 Å². The summed E-state index contributed by atoms with van der Waals surface area (Å²) in [6, 6.07) is 5.14. The van der Waals surface area contributed by atoms with E-state index in [0.717, 1.165) is 0 Å². The lowest BCUT2D eigenvalue weighted by Gasteiger charge is -2.06. The predicted molar refractivity (Wildman–Crippen MR) is 58.4 cm³/mol. The molecule has 0 aliphatic heterocycles. The third-order valence-electron chi connectivity index (χ3n) is 1.52. The second kappa shape index (κ2) is 5.36. The van der Waals surface area contributed by atoms with Crippen LogP contribution in [0, 0.1) is 5.82 Å². The number of halogens is 2. The number of urea groups is 1. The molecule has 15 heavy (non-hydrogen) atoms. The molecule has 0 aromatic heterocycles. The maximum atomic E-state index is 12.7. The molecule has 1 aromatic rings. The molecule has 0 aliphatic rings. The lowest BCUT2D eigenvalue weighted by atomic mass is 10.3. The van der Waals surface area contributed by atoms with Crippen molar-refractivity contribution in [3.63, 3.8) is 0 Å². The zero-order chi connectivity index (χ0) is 11.3. The largest absolute Gasteiger partial charge is 0.333 e. The highest BCUT2D eigenvalue weighted by atomic mass is 35.5. The van der Waals surface area contributed by atoms with Gasteiger partial charge in [-0.2, -0.15) is 0 Å². The quantitative estimate of drug-likeness (QED) is 0.821. The Kier molecular flexibility index (Phi) is 4.12. The number of hydrogen-bond acceptors (Lipinski definition) is 1. The Labute approximate surface area is 91.9 Å². The van der Waals surface area contributed by atoms with Crippen LogP contribution in [-0.4, -0.2) is 12.6 Å². The SMILES string of the molecule is C=C(Cl)CNC(=O)Nc1cccc(F)c1. The molecule has 2 amide bonds. The molecule has 0 spiro atoms. The molecule has 0 saturated heterocycles. The lowest BCUT2D eigenvalue weighted by molar-refractivity contribution is 0.253. The molecule has 80 valence electrons. The summed E-state index contributed by atoms with van der Waals surface area (Å²) >= 11 is 5.45. The molecule has 0 atom stereocenters. The van der Waals surface area contributed by atoms with Gasteiger partial charge in [-0.15, -0.1) is 0 Å². The number of carbonyl (C=O) groups excluding carboxylic acids is 1. The van der Waals surface area contributed by atoms with Gasteiger partial charge >= 0.3 is 6.03 Å². The number of rotatable bonds is 3. The minimum absolute atomic E-state index is 0.169. The summed E-state index contributed by atoms with van der Waals surface area (Å²) in [4.78, 5) is 11.2. The van der Waals surface area contributed by atoms with Crippen molar-refractivity contribution in [2.45, 2.75) is 0 Å². The fraction of sp³-hybridized carbons (Fsp3) is 0.100. The highest BCUT2D eigenvalue weighted by Crippen LogP contribution is 2.08. The molecular weight excluding hydrogens is 219 g/mol. The zero-order valence-corrected chi connectivity index (χ0v) is 8.64. The summed E-state index contributed by atoms with van der Waals surface area (Å²) in [6.07, 6.45) is 0. The first-order valence-electron chi connectivity index (χ1n) is 4.21. The molecule has 0 bridgehead atoms. The Morgan fingerprint density at radius 1 is 1.53 bits per heavy atom. The van der Waals surface area contributed by atoms with E-state index in [1.165, 1.54) is 18.2 Å². The van der Waals surface area contributed by atoms with Gasteiger partial charge in [0.25, 0.3) is 0 Å². The number of benzene rings is 1. The number of nitrogens with one attached hydrogen (secondary N) is 2. The van der Waals surface area contributed by atoms with Crippen LogP contribution in [-0.2, 0) is 0 Å². The van der Waals surface area contributed by atoms with Crippen LogP contribution in [0.4, 0.5) is 14.9 Å². The van der Waals surface area contributed by atoms with Crippen molar-refractivity contribution < 1.29 is 9.18 Å². The number of anilines is 1. The monoisotopic (exact) mass is 228 g/mol. The van der Waals surface area contributed by atoms with Gasteiger partial charge in [-0.3, -0.25) is 0 Å². The van der Waals surface area contributed by atoms with E-state index >= 15 is 0 Å². The van der Waals surface area contributed by atoms with E-state index in [0.29, 0.717) is 10.7 Å². The van der Waals surface area contributed by atoms with Crippen LogP contribution in [0.2, 0.25) is 0 Å². The standard InChI is InChI=1S/C10H10ClFN2O/c1-7(11)6-13-10(15)14-9-4-2-3-8(12)5-9/h2-5H,1,6H2,(H2,13,14,15). The minimum Gasteiger partial charge on any atom is -0.333 e. The molecule has 1 rings (SSSR count). The number of amides is 2. The van der Waals surface area contributed by atoms with Crippen molar-refractivity contribution in [3.8, 4) is 0 Å². The van der Waals surface area contributed by atoms with E-state index in [1.54, 1.807) is 6.07 Å². The third kappa shape index (κ3) is 4.46. The topological polar surface area (TPSA) is 41.1 Å². The van der Waals surface area contributed by atoms with E-state index in [-0.39, 0.29) is 6.54 Å². The van der Waals surface area contributed by atoms with Crippen molar-refractivity contribution in [1.82, 2.24) is 5.32 Å². The Morgan fingerprint density at radius 3 is 2.87 bits per heavy atom. The molecule has 0 unspecified atom stereocenters. The van der Waals surface area contributed by atoms with Crippen molar-refractivity contribution in [2.24, 2.45) is 0 Å². The molecule has 2 N–H and O–H groups in total. The smallest absolute Gasteiger partial charge is 0.319 e. The lowest BCUT2D eigenvalue weighted by Crippen LogP contribution is -2.29. The van der Waals surface area contributed by atoms with E-state index < -0.39 is 11.8 Å². The van der Waals surface area contributed by atoms with Crippen molar-refractivity contribution in [1.29, 1.82) is 0 Å². The number of carbonyl (C=O) groups is 1. The van der Waals surface area contributed by atoms with Gasteiger partial charge in [-0.1, -0.05) is 24.2 Å². The van der Waals surface area contributed by atoms with Crippen LogP contribution in [0.25, 0.3) is 0 Å². The van der Waals surface area contributed by atoms with E-state index in [9.17, 15) is 9.18 Å². The number of hydrogen-bond donors (Lipinski definition) is 2. The fourth-order valence-electron chi connectivity index (χ4n) is 0.918. The molecule has 3 nitrogen and oxygen atoms in total. The minimum atomic E-state index is -0.456. The maximum Gasteiger partial charge on any atom is 0.319 e. The molecule has 0 fully saturated rings. The van der Waals surface area contributed by atoms with Gasteiger partial charge in [0.05, 0.1) is 6.54 Å². The Hall–Kier alpha value is -1.55. The second-order valence-corrected chi connectivity index (χ2v) is 3.37. The van der Waals surface area contributed by atoms with Crippen molar-refractivity contribution >= 4 is 23.3 Å². The molecular formula is C10H10ClFN2O. The summed E-state index contributed by atoms with van der Waals surface area (Å²) < 4.78 is 12.7. The fourth-order valence-corrected chi connectivity index (χ4v) is 0.985. The predicted octanol–water partition coefficient (Wildman–Crippen LogP) is 2.70. The molecule has 0 saturated carbocycles. The van der Waals surface area contributed by atoms with Gasteiger partial charge in [0.15, 0.2) is 0 Å². The summed E-state index contributed by atoms with van der Waals surface area (Å²) in [6.45, 7) is 3.58. The highest BCUT2D eigenvalue weighted by Gasteiger charge is 2.01. The van der Waals surface area contributed by atoms with E-state index in [2.05, 4.69) is 17.2 Å². The molecule has 1 aromatic carbocycles.